The highest BCUT2D eigenvalue weighted by molar-refractivity contribution is 7.99. The van der Waals surface area contributed by atoms with E-state index in [4.69, 9.17) is 0 Å². The molecule has 3 rings (SSSR count). The Balaban J connectivity index is 1.81. The highest BCUT2D eigenvalue weighted by Gasteiger charge is 2.34. The van der Waals surface area contributed by atoms with Gasteiger partial charge < -0.3 is 9.47 Å². The number of imidazole rings is 1. The predicted octanol–water partition coefficient (Wildman–Crippen LogP) is 3.98. The van der Waals surface area contributed by atoms with Crippen LogP contribution in [0.1, 0.15) is 38.7 Å². The number of aromatic nitrogens is 2. The summed E-state index contributed by atoms with van der Waals surface area (Å²) in [5, 5.41) is 0.486. The van der Waals surface area contributed by atoms with E-state index in [1.807, 2.05) is 13.8 Å². The smallest absolute Gasteiger partial charge is 0.338 e. The van der Waals surface area contributed by atoms with E-state index in [0.717, 1.165) is 12.1 Å². The first kappa shape index (κ1) is 23.9. The third kappa shape index (κ3) is 5.54. The Hall–Kier alpha value is -1.75. The molecule has 1 amide bonds. The molecular weight excluding hydrogens is 451 g/mol. The molecule has 2 heterocycles. The maximum absolute atomic E-state index is 13.1. The van der Waals surface area contributed by atoms with E-state index in [-0.39, 0.29) is 29.2 Å². The van der Waals surface area contributed by atoms with E-state index < -0.39 is 21.6 Å². The number of nitrogens with zero attached hydrogens (tertiary/aromatic N) is 3. The van der Waals surface area contributed by atoms with Gasteiger partial charge in [0.1, 0.15) is 0 Å². The van der Waals surface area contributed by atoms with Crippen molar-refractivity contribution >= 4 is 38.5 Å². The van der Waals surface area contributed by atoms with Gasteiger partial charge in [-0.05, 0) is 37.5 Å². The fraction of sp³-hybridized carbons (Fsp3) is 0.600. The fourth-order valence-electron chi connectivity index (χ4n) is 3.81. The van der Waals surface area contributed by atoms with Gasteiger partial charge in [-0.1, -0.05) is 25.6 Å². The van der Waals surface area contributed by atoms with Crippen molar-refractivity contribution in [2.75, 3.05) is 23.8 Å². The standard InChI is InChI=1S/C20H26F3N3O3S2/c1-3-8-25(15-7-10-31(28,29)13-15)18(27)12-30-19-24-16-6-5-14(20(21,22)23)11-17(16)26(19)9-4-2/h5-6,11,15H,3-4,7-10,12-13H2,1-2H3. The van der Waals surface area contributed by atoms with Crippen molar-refractivity contribution in [1.82, 2.24) is 14.5 Å². The second-order valence-electron chi connectivity index (χ2n) is 7.68. The zero-order valence-corrected chi connectivity index (χ0v) is 19.1. The van der Waals surface area contributed by atoms with Gasteiger partial charge in [-0.2, -0.15) is 13.2 Å². The van der Waals surface area contributed by atoms with E-state index in [9.17, 15) is 26.4 Å². The third-order valence-corrected chi connectivity index (χ3v) is 7.96. The van der Waals surface area contributed by atoms with Gasteiger partial charge in [0.25, 0.3) is 0 Å². The molecule has 2 aromatic rings. The molecule has 1 aromatic heterocycles. The Morgan fingerprint density at radius 2 is 2.03 bits per heavy atom. The van der Waals surface area contributed by atoms with Gasteiger partial charge in [0.05, 0.1) is 33.9 Å². The highest BCUT2D eigenvalue weighted by Crippen LogP contribution is 2.33. The van der Waals surface area contributed by atoms with Crippen LogP contribution >= 0.6 is 11.8 Å². The summed E-state index contributed by atoms with van der Waals surface area (Å²) in [7, 11) is -3.12. The van der Waals surface area contributed by atoms with E-state index in [2.05, 4.69) is 4.98 Å². The van der Waals surface area contributed by atoms with Crippen molar-refractivity contribution in [3.63, 3.8) is 0 Å². The van der Waals surface area contributed by atoms with Crippen molar-refractivity contribution in [3.05, 3.63) is 23.8 Å². The molecular formula is C20H26F3N3O3S2. The van der Waals surface area contributed by atoms with Crippen molar-refractivity contribution in [2.24, 2.45) is 0 Å². The number of carbonyl (C=O) groups excluding carboxylic acids is 1. The normalized spacial score (nSPS) is 18.5. The molecule has 0 bridgehead atoms. The molecule has 0 spiro atoms. The number of carbonyl (C=O) groups is 1. The van der Waals surface area contributed by atoms with Crippen LogP contribution in [0.15, 0.2) is 23.4 Å². The molecule has 1 fully saturated rings. The molecule has 1 aromatic carbocycles. The van der Waals surface area contributed by atoms with Crippen molar-refractivity contribution in [2.45, 2.75) is 57.0 Å². The first-order valence-electron chi connectivity index (χ1n) is 10.3. The second-order valence-corrected chi connectivity index (χ2v) is 10.9. The lowest BCUT2D eigenvalue weighted by atomic mass is 10.2. The Labute approximate surface area is 184 Å². The number of rotatable bonds is 8. The molecule has 1 atom stereocenters. The molecule has 172 valence electrons. The van der Waals surface area contributed by atoms with E-state index in [1.165, 1.54) is 17.8 Å². The number of aryl methyl sites for hydroxylation is 1. The summed E-state index contributed by atoms with van der Waals surface area (Å²) in [5.41, 5.74) is 0.101. The number of sulfone groups is 1. The van der Waals surface area contributed by atoms with Gasteiger partial charge in [0.2, 0.25) is 5.91 Å². The Morgan fingerprint density at radius 1 is 1.29 bits per heavy atom. The third-order valence-electron chi connectivity index (χ3n) is 5.25. The van der Waals surface area contributed by atoms with Gasteiger partial charge in [0, 0.05) is 19.1 Å². The van der Waals surface area contributed by atoms with Crippen LogP contribution in [0.5, 0.6) is 0 Å². The van der Waals surface area contributed by atoms with Crippen LogP contribution in [-0.2, 0) is 27.4 Å². The first-order valence-corrected chi connectivity index (χ1v) is 13.1. The number of benzene rings is 1. The minimum atomic E-state index is -4.44. The second kappa shape index (κ2) is 9.40. The highest BCUT2D eigenvalue weighted by atomic mass is 32.2. The lowest BCUT2D eigenvalue weighted by Crippen LogP contribution is -2.42. The molecule has 6 nitrogen and oxygen atoms in total. The monoisotopic (exact) mass is 477 g/mol. The maximum atomic E-state index is 13.1. The topological polar surface area (TPSA) is 72.3 Å². The minimum Gasteiger partial charge on any atom is -0.338 e. The number of amides is 1. The SMILES string of the molecule is CCCN(C(=O)CSc1nc2ccc(C(F)(F)F)cc2n1CCC)C1CCS(=O)(=O)C1. The van der Waals surface area contributed by atoms with Gasteiger partial charge in [0.15, 0.2) is 15.0 Å². The molecule has 0 aliphatic carbocycles. The summed E-state index contributed by atoms with van der Waals surface area (Å²) < 4.78 is 64.8. The maximum Gasteiger partial charge on any atom is 0.416 e. The quantitative estimate of drug-likeness (QED) is 0.538. The average molecular weight is 478 g/mol. The molecule has 1 aliphatic rings. The van der Waals surface area contributed by atoms with E-state index >= 15 is 0 Å². The van der Waals surface area contributed by atoms with Crippen LogP contribution in [0.3, 0.4) is 0 Å². The summed E-state index contributed by atoms with van der Waals surface area (Å²) in [4.78, 5) is 19.0. The number of thioether (sulfide) groups is 1. The van der Waals surface area contributed by atoms with Gasteiger partial charge >= 0.3 is 6.18 Å². The minimum absolute atomic E-state index is 0.0159. The number of fused-ring (bicyclic) bond motifs is 1. The largest absolute Gasteiger partial charge is 0.416 e. The van der Waals surface area contributed by atoms with Crippen molar-refractivity contribution < 1.29 is 26.4 Å². The average Bonchev–Trinajstić information content (AvgIpc) is 3.23. The Bertz CT molecular complexity index is 1050. The van der Waals surface area contributed by atoms with Gasteiger partial charge in [-0.25, -0.2) is 13.4 Å². The number of hydrogen-bond acceptors (Lipinski definition) is 5. The number of hydrogen-bond donors (Lipinski definition) is 0. The summed E-state index contributed by atoms with van der Waals surface area (Å²) in [6, 6.07) is 3.14. The molecule has 31 heavy (non-hydrogen) atoms. The fourth-order valence-corrected chi connectivity index (χ4v) is 6.47. The Morgan fingerprint density at radius 3 is 2.61 bits per heavy atom. The van der Waals surface area contributed by atoms with Crippen molar-refractivity contribution in [3.8, 4) is 0 Å². The zero-order chi connectivity index (χ0) is 22.8. The van der Waals surface area contributed by atoms with Gasteiger partial charge in [-0.3, -0.25) is 4.79 Å². The molecule has 1 aliphatic heterocycles. The Kier molecular flexibility index (Phi) is 7.25. The lowest BCUT2D eigenvalue weighted by molar-refractivity contribution is -0.137. The summed E-state index contributed by atoms with van der Waals surface area (Å²) in [6.07, 6.45) is -2.60. The van der Waals surface area contributed by atoms with Crippen LogP contribution < -0.4 is 0 Å². The van der Waals surface area contributed by atoms with Crippen LogP contribution in [-0.4, -0.2) is 58.6 Å². The summed E-state index contributed by atoms with van der Waals surface area (Å²) >= 11 is 1.18. The van der Waals surface area contributed by atoms with Crippen LogP contribution in [0.2, 0.25) is 0 Å². The number of halogens is 3. The molecule has 0 N–H and O–H groups in total. The van der Waals surface area contributed by atoms with Crippen LogP contribution in [0.25, 0.3) is 11.0 Å². The molecule has 1 unspecified atom stereocenters. The van der Waals surface area contributed by atoms with E-state index in [1.54, 1.807) is 9.47 Å². The van der Waals surface area contributed by atoms with E-state index in [0.29, 0.717) is 48.5 Å². The predicted molar refractivity (Wildman–Crippen MR) is 115 cm³/mol. The number of alkyl halides is 3. The van der Waals surface area contributed by atoms with Crippen LogP contribution in [0, 0.1) is 0 Å². The molecule has 0 saturated carbocycles. The lowest BCUT2D eigenvalue weighted by Gasteiger charge is -2.27. The van der Waals surface area contributed by atoms with Crippen molar-refractivity contribution in [1.29, 1.82) is 0 Å². The first-order chi connectivity index (χ1) is 14.6. The summed E-state index contributed by atoms with van der Waals surface area (Å²) in [6.45, 7) is 4.80. The van der Waals surface area contributed by atoms with Gasteiger partial charge in [-0.15, -0.1) is 0 Å². The molecule has 11 heteroatoms. The zero-order valence-electron chi connectivity index (χ0n) is 17.5. The molecule has 0 radical (unpaired) electrons. The molecule has 1 saturated heterocycles. The van der Waals surface area contributed by atoms with Crippen LogP contribution in [0.4, 0.5) is 13.2 Å². The summed E-state index contributed by atoms with van der Waals surface area (Å²) in [5.74, 6) is -0.0557.